The van der Waals surface area contributed by atoms with Crippen LogP contribution in [-0.2, 0) is 0 Å². The highest BCUT2D eigenvalue weighted by molar-refractivity contribution is 7.99. The molecule has 15 heavy (non-hydrogen) atoms. The molecule has 84 valence electrons. The van der Waals surface area contributed by atoms with Gasteiger partial charge in [-0.1, -0.05) is 37.4 Å². The summed E-state index contributed by atoms with van der Waals surface area (Å²) < 4.78 is 5.25. The lowest BCUT2D eigenvalue weighted by Gasteiger charge is -2.24. The number of oxazole rings is 1. The third-order valence-electron chi connectivity index (χ3n) is 2.92. The average molecular weight is 226 g/mol. The Kier molecular flexibility index (Phi) is 4.09. The van der Waals surface area contributed by atoms with E-state index in [0.717, 1.165) is 11.6 Å². The molecular weight excluding hydrogens is 208 g/mol. The number of hydrogen-bond acceptors (Lipinski definition) is 4. The Morgan fingerprint density at radius 3 is 2.80 bits per heavy atom. The van der Waals surface area contributed by atoms with Crippen molar-refractivity contribution in [1.82, 2.24) is 4.98 Å². The van der Waals surface area contributed by atoms with E-state index in [0.29, 0.717) is 11.3 Å². The van der Waals surface area contributed by atoms with E-state index in [2.05, 4.69) is 4.98 Å². The lowest BCUT2D eigenvalue weighted by molar-refractivity contribution is 0.438. The Morgan fingerprint density at radius 2 is 2.07 bits per heavy atom. The van der Waals surface area contributed by atoms with E-state index in [1.807, 2.05) is 0 Å². The molecule has 1 saturated carbocycles. The highest BCUT2D eigenvalue weighted by Gasteiger charge is 2.21. The standard InChI is InChI=1S/C11H18N2OS/c12-9-5-3-1-2-4-6-10(9)15-11-13-7-8-14-11/h7-10H,1-6,12H2. The zero-order valence-electron chi connectivity index (χ0n) is 8.89. The molecule has 0 radical (unpaired) electrons. The first-order chi connectivity index (χ1) is 7.36. The van der Waals surface area contributed by atoms with Crippen LogP contribution in [0.3, 0.4) is 0 Å². The maximum atomic E-state index is 6.17. The van der Waals surface area contributed by atoms with E-state index < -0.39 is 0 Å². The number of aromatic nitrogens is 1. The number of thioether (sulfide) groups is 1. The number of nitrogens with zero attached hydrogens (tertiary/aromatic N) is 1. The fourth-order valence-electron chi connectivity index (χ4n) is 2.02. The number of nitrogens with two attached hydrogens (primary N) is 1. The zero-order valence-corrected chi connectivity index (χ0v) is 9.71. The molecule has 0 aromatic carbocycles. The minimum absolute atomic E-state index is 0.294. The van der Waals surface area contributed by atoms with Crippen LogP contribution in [0.1, 0.15) is 38.5 Å². The summed E-state index contributed by atoms with van der Waals surface area (Å²) in [5.74, 6) is 0. The Balaban J connectivity index is 1.92. The van der Waals surface area contributed by atoms with Crippen molar-refractivity contribution in [2.45, 2.75) is 55.0 Å². The zero-order chi connectivity index (χ0) is 10.5. The van der Waals surface area contributed by atoms with Crippen molar-refractivity contribution < 1.29 is 4.42 Å². The highest BCUT2D eigenvalue weighted by atomic mass is 32.2. The maximum Gasteiger partial charge on any atom is 0.255 e. The van der Waals surface area contributed by atoms with Crippen LogP contribution >= 0.6 is 11.8 Å². The van der Waals surface area contributed by atoms with Gasteiger partial charge in [0.1, 0.15) is 6.26 Å². The molecule has 1 heterocycles. The fraction of sp³-hybridized carbons (Fsp3) is 0.727. The second kappa shape index (κ2) is 5.56. The summed E-state index contributed by atoms with van der Waals surface area (Å²) in [4.78, 5) is 4.14. The Hall–Kier alpha value is -0.480. The van der Waals surface area contributed by atoms with Crippen molar-refractivity contribution in [1.29, 1.82) is 0 Å². The summed E-state index contributed by atoms with van der Waals surface area (Å²) in [5, 5.41) is 1.24. The first-order valence-corrected chi connectivity index (χ1v) is 6.56. The third-order valence-corrected chi connectivity index (χ3v) is 4.21. The summed E-state index contributed by atoms with van der Waals surface area (Å²) in [5.41, 5.74) is 6.17. The second-order valence-electron chi connectivity index (χ2n) is 4.11. The van der Waals surface area contributed by atoms with Gasteiger partial charge >= 0.3 is 0 Å². The molecule has 0 amide bonds. The molecule has 2 atom stereocenters. The van der Waals surface area contributed by atoms with Crippen LogP contribution in [0, 0.1) is 0 Å². The number of hydrogen-bond donors (Lipinski definition) is 1. The molecule has 2 rings (SSSR count). The van der Waals surface area contributed by atoms with Gasteiger partial charge in [-0.2, -0.15) is 0 Å². The van der Waals surface area contributed by atoms with Gasteiger partial charge in [-0.3, -0.25) is 0 Å². The van der Waals surface area contributed by atoms with Crippen LogP contribution in [0.5, 0.6) is 0 Å². The van der Waals surface area contributed by atoms with Gasteiger partial charge < -0.3 is 10.2 Å². The highest BCUT2D eigenvalue weighted by Crippen LogP contribution is 2.30. The predicted molar refractivity (Wildman–Crippen MR) is 61.8 cm³/mol. The molecule has 2 N–H and O–H groups in total. The van der Waals surface area contributed by atoms with Crippen molar-refractivity contribution in [3.63, 3.8) is 0 Å². The molecular formula is C11H18N2OS. The van der Waals surface area contributed by atoms with Gasteiger partial charge in [0.05, 0.1) is 6.20 Å². The Labute approximate surface area is 94.8 Å². The van der Waals surface area contributed by atoms with Crippen LogP contribution in [-0.4, -0.2) is 16.3 Å². The van der Waals surface area contributed by atoms with Crippen molar-refractivity contribution in [2.75, 3.05) is 0 Å². The van der Waals surface area contributed by atoms with Crippen molar-refractivity contribution >= 4 is 11.8 Å². The molecule has 0 aliphatic heterocycles. The first-order valence-electron chi connectivity index (χ1n) is 5.68. The maximum absolute atomic E-state index is 6.17. The summed E-state index contributed by atoms with van der Waals surface area (Å²) >= 11 is 1.70. The molecule has 0 bridgehead atoms. The molecule has 1 aliphatic carbocycles. The van der Waals surface area contributed by atoms with Crippen molar-refractivity contribution in [3.05, 3.63) is 12.5 Å². The van der Waals surface area contributed by atoms with Gasteiger partial charge in [0.15, 0.2) is 0 Å². The average Bonchev–Trinajstić information content (AvgIpc) is 2.70. The Bertz CT molecular complexity index is 276. The minimum Gasteiger partial charge on any atom is -0.440 e. The molecule has 1 aliphatic rings. The monoisotopic (exact) mass is 226 g/mol. The van der Waals surface area contributed by atoms with E-state index in [4.69, 9.17) is 10.2 Å². The molecule has 0 spiro atoms. The summed E-state index contributed by atoms with van der Waals surface area (Å²) in [7, 11) is 0. The van der Waals surface area contributed by atoms with Crippen LogP contribution in [0.2, 0.25) is 0 Å². The van der Waals surface area contributed by atoms with Crippen LogP contribution < -0.4 is 5.73 Å². The SMILES string of the molecule is NC1CCCCCCC1Sc1ncco1. The molecule has 1 aromatic heterocycles. The van der Waals surface area contributed by atoms with Gasteiger partial charge in [-0.05, 0) is 12.8 Å². The second-order valence-corrected chi connectivity index (χ2v) is 5.30. The van der Waals surface area contributed by atoms with E-state index in [-0.39, 0.29) is 0 Å². The topological polar surface area (TPSA) is 52.0 Å². The van der Waals surface area contributed by atoms with Gasteiger partial charge in [0.2, 0.25) is 0 Å². The molecule has 4 heteroatoms. The van der Waals surface area contributed by atoms with Gasteiger partial charge in [-0.25, -0.2) is 4.98 Å². The van der Waals surface area contributed by atoms with Gasteiger partial charge in [0, 0.05) is 11.3 Å². The molecule has 0 saturated heterocycles. The van der Waals surface area contributed by atoms with E-state index in [1.165, 1.54) is 32.1 Å². The molecule has 3 nitrogen and oxygen atoms in total. The van der Waals surface area contributed by atoms with E-state index in [9.17, 15) is 0 Å². The lowest BCUT2D eigenvalue weighted by atomic mass is 9.97. The first kappa shape index (κ1) is 11.0. The lowest BCUT2D eigenvalue weighted by Crippen LogP contribution is -2.33. The van der Waals surface area contributed by atoms with Gasteiger partial charge in [-0.15, -0.1) is 0 Å². The van der Waals surface area contributed by atoms with E-state index >= 15 is 0 Å². The molecule has 2 unspecified atom stereocenters. The van der Waals surface area contributed by atoms with Crippen LogP contribution in [0.25, 0.3) is 0 Å². The molecule has 1 fully saturated rings. The largest absolute Gasteiger partial charge is 0.440 e. The summed E-state index contributed by atoms with van der Waals surface area (Å²) in [6, 6.07) is 0.294. The summed E-state index contributed by atoms with van der Waals surface area (Å²) in [6.07, 6.45) is 10.9. The van der Waals surface area contributed by atoms with Gasteiger partial charge in [0.25, 0.3) is 5.22 Å². The van der Waals surface area contributed by atoms with Crippen LogP contribution in [0.15, 0.2) is 22.1 Å². The predicted octanol–water partition coefficient (Wildman–Crippen LogP) is 2.82. The normalized spacial score (nSPS) is 28.3. The summed E-state index contributed by atoms with van der Waals surface area (Å²) in [6.45, 7) is 0. The molecule has 1 aromatic rings. The fourth-order valence-corrected chi connectivity index (χ4v) is 3.11. The Morgan fingerprint density at radius 1 is 1.27 bits per heavy atom. The minimum atomic E-state index is 0.294. The quantitative estimate of drug-likeness (QED) is 0.842. The number of rotatable bonds is 2. The van der Waals surface area contributed by atoms with Crippen LogP contribution in [0.4, 0.5) is 0 Å². The van der Waals surface area contributed by atoms with E-state index in [1.54, 1.807) is 24.2 Å². The third kappa shape index (κ3) is 3.24. The smallest absolute Gasteiger partial charge is 0.255 e. The van der Waals surface area contributed by atoms with Crippen molar-refractivity contribution in [2.24, 2.45) is 5.73 Å². The van der Waals surface area contributed by atoms with Crippen molar-refractivity contribution in [3.8, 4) is 0 Å².